The van der Waals surface area contributed by atoms with Gasteiger partial charge in [-0.05, 0) is 37.7 Å². The van der Waals surface area contributed by atoms with E-state index in [0.717, 1.165) is 37.4 Å². The van der Waals surface area contributed by atoms with Crippen molar-refractivity contribution in [2.24, 2.45) is 5.92 Å². The van der Waals surface area contributed by atoms with Crippen LogP contribution in [-0.2, 0) is 13.1 Å². The summed E-state index contributed by atoms with van der Waals surface area (Å²) in [7, 11) is 0. The van der Waals surface area contributed by atoms with Crippen LogP contribution in [0.2, 0.25) is 10.0 Å². The van der Waals surface area contributed by atoms with Crippen LogP contribution in [-0.4, -0.2) is 38.8 Å². The smallest absolute Gasteiger partial charge is 0.405 e. The van der Waals surface area contributed by atoms with E-state index in [9.17, 15) is 23.3 Å². The molecule has 1 aromatic carbocycles. The van der Waals surface area contributed by atoms with Gasteiger partial charge in [0.2, 0.25) is 11.8 Å². The summed E-state index contributed by atoms with van der Waals surface area (Å²) in [5.74, 6) is -0.0378. The number of hydrogen-bond acceptors (Lipinski definition) is 9. The second-order valence-electron chi connectivity index (χ2n) is 9.25. The zero-order valence-corrected chi connectivity index (χ0v) is 22.6. The fourth-order valence-electron chi connectivity index (χ4n) is 4.44. The molecule has 0 radical (unpaired) electrons. The van der Waals surface area contributed by atoms with Crippen molar-refractivity contribution in [1.82, 2.24) is 20.3 Å². The molecule has 3 N–H and O–H groups in total. The van der Waals surface area contributed by atoms with Crippen LogP contribution in [0.5, 0.6) is 5.75 Å². The molecule has 0 bridgehead atoms. The maximum atomic E-state index is 12.7. The molecule has 1 fully saturated rings. The third-order valence-electron chi connectivity index (χ3n) is 6.53. The van der Waals surface area contributed by atoms with Crippen LogP contribution in [0.15, 0.2) is 42.9 Å². The van der Waals surface area contributed by atoms with Crippen molar-refractivity contribution < 1.29 is 22.8 Å². The predicted molar refractivity (Wildman–Crippen MR) is 144 cm³/mol. The van der Waals surface area contributed by atoms with Gasteiger partial charge < -0.3 is 20.7 Å². The Morgan fingerprint density at radius 2 is 1.73 bits per heavy atom. The number of pyridine rings is 1. The minimum absolute atomic E-state index is 0.0243. The van der Waals surface area contributed by atoms with Gasteiger partial charge >= 0.3 is 12.0 Å². The second-order valence-corrected chi connectivity index (χ2v) is 10.1. The molecular formula is C25H26Cl2F3N7O3. The number of nitrogens with one attached hydrogen (secondary N) is 3. The number of hydrogen-bond donors (Lipinski definition) is 3. The van der Waals surface area contributed by atoms with E-state index in [1.807, 2.05) is 0 Å². The van der Waals surface area contributed by atoms with Gasteiger partial charge in [0.15, 0.2) is 0 Å². The van der Waals surface area contributed by atoms with Crippen molar-refractivity contribution in [3.8, 4) is 5.75 Å². The number of alkyl halides is 3. The van der Waals surface area contributed by atoms with Gasteiger partial charge in [0.1, 0.15) is 11.9 Å². The minimum Gasteiger partial charge on any atom is -0.405 e. The van der Waals surface area contributed by atoms with Gasteiger partial charge in [-0.3, -0.25) is 15.1 Å². The lowest BCUT2D eigenvalue weighted by Gasteiger charge is -2.29. The number of aromatic nitrogens is 3. The fraction of sp³-hybridized carbons (Fsp3) is 0.400. The van der Waals surface area contributed by atoms with Crippen LogP contribution >= 0.6 is 23.2 Å². The molecule has 1 aliphatic carbocycles. The first-order chi connectivity index (χ1) is 19.1. The molecule has 15 heteroatoms. The number of anilines is 2. The van der Waals surface area contributed by atoms with E-state index >= 15 is 0 Å². The van der Waals surface area contributed by atoms with Crippen molar-refractivity contribution >= 4 is 40.7 Å². The average molecular weight is 600 g/mol. The van der Waals surface area contributed by atoms with Crippen molar-refractivity contribution in [1.29, 1.82) is 0 Å². The second kappa shape index (κ2) is 13.3. The molecule has 2 heterocycles. The molecule has 4 rings (SSSR count). The van der Waals surface area contributed by atoms with Gasteiger partial charge in [0.25, 0.3) is 0 Å². The minimum atomic E-state index is -4.84. The normalized spacial score (nSPS) is 17.3. The van der Waals surface area contributed by atoms with Gasteiger partial charge in [-0.1, -0.05) is 41.4 Å². The first-order valence-electron chi connectivity index (χ1n) is 12.4. The van der Waals surface area contributed by atoms with E-state index in [1.165, 1.54) is 18.2 Å². The van der Waals surface area contributed by atoms with E-state index in [0.29, 0.717) is 23.1 Å². The molecule has 1 saturated carbocycles. The monoisotopic (exact) mass is 599 g/mol. The third kappa shape index (κ3) is 8.29. The number of benzene rings is 1. The number of halogens is 5. The van der Waals surface area contributed by atoms with E-state index in [-0.39, 0.29) is 47.3 Å². The van der Waals surface area contributed by atoms with E-state index in [1.54, 1.807) is 18.5 Å². The maximum absolute atomic E-state index is 12.7. The summed E-state index contributed by atoms with van der Waals surface area (Å²) >= 11 is 12.4. The standard InChI is InChI=1S/C25H26Cl2F3N7O3/c26-19-12-31-13-20(27)18(19)11-32-17-7-5-15(6-8-17)9-33-23-21(37(38)39)14-35-24(36-23)34-10-16-3-1-2-4-22(16)40-25(28,29)30/h1-4,12-15,17,32H,5-11H2,(H2,33,34,35,36)/t15-,17-. The SMILES string of the molecule is O=[N+]([O-])c1cnc(NCc2ccccc2OC(F)(F)F)nc1NC[C@H]1CC[C@H](NCc2c(Cl)cncc2Cl)CC1. The lowest BCUT2D eigenvalue weighted by molar-refractivity contribution is -0.384. The zero-order valence-electron chi connectivity index (χ0n) is 21.0. The Morgan fingerprint density at radius 3 is 2.40 bits per heavy atom. The molecule has 2 aromatic heterocycles. The van der Waals surface area contributed by atoms with Crippen LogP contribution in [0, 0.1) is 16.0 Å². The van der Waals surface area contributed by atoms with E-state index in [2.05, 4.69) is 35.6 Å². The van der Waals surface area contributed by atoms with Gasteiger partial charge in [-0.25, -0.2) is 4.98 Å². The number of rotatable bonds is 11. The summed E-state index contributed by atoms with van der Waals surface area (Å²) in [5, 5.41) is 21.9. The van der Waals surface area contributed by atoms with Gasteiger partial charge in [-0.15, -0.1) is 13.2 Å². The Labute approximate surface area is 237 Å². The van der Waals surface area contributed by atoms with Crippen molar-refractivity contribution in [2.75, 3.05) is 17.2 Å². The van der Waals surface area contributed by atoms with Crippen LogP contribution in [0.4, 0.5) is 30.6 Å². The Hall–Kier alpha value is -3.42. The Balaban J connectivity index is 1.31. The predicted octanol–water partition coefficient (Wildman–Crippen LogP) is 6.36. The maximum Gasteiger partial charge on any atom is 0.573 e. The summed E-state index contributed by atoms with van der Waals surface area (Å²) in [6.07, 6.45) is 2.93. The molecule has 0 aliphatic heterocycles. The molecule has 0 spiro atoms. The van der Waals surface area contributed by atoms with Crippen molar-refractivity contribution in [2.45, 2.75) is 51.2 Å². The van der Waals surface area contributed by atoms with Crippen LogP contribution < -0.4 is 20.7 Å². The first kappa shape index (κ1) is 29.6. The molecule has 214 valence electrons. The summed E-state index contributed by atoms with van der Waals surface area (Å²) in [6, 6.07) is 5.93. The first-order valence-corrected chi connectivity index (χ1v) is 13.2. The van der Waals surface area contributed by atoms with Gasteiger partial charge in [-0.2, -0.15) is 4.98 Å². The van der Waals surface area contributed by atoms with Crippen LogP contribution in [0.3, 0.4) is 0 Å². The van der Waals surface area contributed by atoms with Crippen LogP contribution in [0.25, 0.3) is 0 Å². The van der Waals surface area contributed by atoms with Crippen LogP contribution in [0.1, 0.15) is 36.8 Å². The largest absolute Gasteiger partial charge is 0.573 e. The van der Waals surface area contributed by atoms with E-state index < -0.39 is 11.3 Å². The summed E-state index contributed by atoms with van der Waals surface area (Å²) < 4.78 is 42.2. The highest BCUT2D eigenvalue weighted by molar-refractivity contribution is 6.35. The average Bonchev–Trinajstić information content (AvgIpc) is 2.91. The number of nitro groups is 1. The highest BCUT2D eigenvalue weighted by Crippen LogP contribution is 2.30. The number of para-hydroxylation sites is 1. The third-order valence-corrected chi connectivity index (χ3v) is 7.18. The fourth-order valence-corrected chi connectivity index (χ4v) is 4.94. The van der Waals surface area contributed by atoms with Crippen molar-refractivity contribution in [3.63, 3.8) is 0 Å². The molecule has 1 aliphatic rings. The van der Waals surface area contributed by atoms with Gasteiger partial charge in [0.05, 0.1) is 15.0 Å². The zero-order chi connectivity index (χ0) is 28.7. The van der Waals surface area contributed by atoms with Gasteiger partial charge in [0, 0.05) is 49.2 Å². The molecule has 0 saturated heterocycles. The molecule has 0 atom stereocenters. The highest BCUT2D eigenvalue weighted by atomic mass is 35.5. The molecule has 0 unspecified atom stereocenters. The number of ether oxygens (including phenoxy) is 1. The Bertz CT molecular complexity index is 1300. The molecular weight excluding hydrogens is 574 g/mol. The summed E-state index contributed by atoms with van der Waals surface area (Å²) in [5.41, 5.74) is 0.724. The molecule has 3 aromatic rings. The van der Waals surface area contributed by atoms with Crippen molar-refractivity contribution in [3.05, 3.63) is 74.1 Å². The lowest BCUT2D eigenvalue weighted by Crippen LogP contribution is -2.34. The molecule has 0 amide bonds. The lowest BCUT2D eigenvalue weighted by atomic mass is 9.86. The number of nitrogens with zero attached hydrogens (tertiary/aromatic N) is 4. The quantitative estimate of drug-likeness (QED) is 0.170. The summed E-state index contributed by atoms with van der Waals surface area (Å²) in [6.45, 7) is 0.911. The topological polar surface area (TPSA) is 127 Å². The highest BCUT2D eigenvalue weighted by Gasteiger charge is 2.32. The molecule has 40 heavy (non-hydrogen) atoms. The summed E-state index contributed by atoms with van der Waals surface area (Å²) in [4.78, 5) is 23.1. The Morgan fingerprint density at radius 1 is 1.02 bits per heavy atom. The Kier molecular flexibility index (Phi) is 9.82. The molecule has 10 nitrogen and oxygen atoms in total. The van der Waals surface area contributed by atoms with E-state index in [4.69, 9.17) is 23.2 Å².